The number of esters is 1. The number of carbonyl (C=O) groups is 2. The van der Waals surface area contributed by atoms with Crippen molar-refractivity contribution in [1.29, 1.82) is 0 Å². The summed E-state index contributed by atoms with van der Waals surface area (Å²) >= 11 is 0. The number of hydrogen-bond acceptors (Lipinski definition) is 5. The van der Waals surface area contributed by atoms with Gasteiger partial charge in [0.15, 0.2) is 0 Å². The van der Waals surface area contributed by atoms with E-state index in [9.17, 15) is 14.7 Å². The molecule has 0 aliphatic rings. The molecule has 0 unspecified atom stereocenters. The van der Waals surface area contributed by atoms with Gasteiger partial charge in [0.2, 0.25) is 0 Å². The minimum atomic E-state index is -0.977. The first kappa shape index (κ1) is 21.6. The van der Waals surface area contributed by atoms with Gasteiger partial charge in [-0.1, -0.05) is 30.3 Å². The van der Waals surface area contributed by atoms with E-state index in [1.165, 1.54) is 6.92 Å². The van der Waals surface area contributed by atoms with Crippen LogP contribution < -0.4 is 4.74 Å². The van der Waals surface area contributed by atoms with Crippen molar-refractivity contribution in [3.63, 3.8) is 0 Å². The topological polar surface area (TPSA) is 72.8 Å². The van der Waals surface area contributed by atoms with E-state index in [1.807, 2.05) is 30.3 Å². The van der Waals surface area contributed by atoms with Crippen LogP contribution in [0.25, 0.3) is 5.76 Å². The number of aliphatic hydroxyl groups is 1. The number of ether oxygens (including phenoxy) is 2. The fraction of sp³-hybridized carbons (Fsp3) is 0.200. The molecule has 0 saturated carbocycles. The molecular weight excluding hydrogens is 327 g/mol. The Morgan fingerprint density at radius 3 is 2.19 bits per heavy atom. The summed E-state index contributed by atoms with van der Waals surface area (Å²) in [4.78, 5) is 23.3. The molecular formula is C20H21LiO5. The molecule has 1 N–H and O–H groups in total. The van der Waals surface area contributed by atoms with Crippen LogP contribution in [0.2, 0.25) is 0 Å². The summed E-state index contributed by atoms with van der Waals surface area (Å²) in [6.07, 6.45) is 0. The predicted molar refractivity (Wildman–Crippen MR) is 101 cm³/mol. The zero-order valence-electron chi connectivity index (χ0n) is 14.2. The van der Waals surface area contributed by atoms with Gasteiger partial charge in [0.05, 0.1) is 6.61 Å². The Labute approximate surface area is 164 Å². The normalized spacial score (nSPS) is 11.0. The van der Waals surface area contributed by atoms with Crippen LogP contribution in [-0.4, -0.2) is 42.3 Å². The Bertz CT molecular complexity index is 767. The average molecular weight is 348 g/mol. The summed E-state index contributed by atoms with van der Waals surface area (Å²) in [5.41, 5.74) is 1.41. The Morgan fingerprint density at radius 2 is 1.62 bits per heavy atom. The molecule has 0 fully saturated rings. The molecule has 0 aromatic heterocycles. The Kier molecular flexibility index (Phi) is 8.70. The molecule has 0 aliphatic heterocycles. The van der Waals surface area contributed by atoms with Gasteiger partial charge < -0.3 is 14.6 Å². The van der Waals surface area contributed by atoms with Gasteiger partial charge in [-0.2, -0.15) is 0 Å². The molecule has 0 bridgehead atoms. The molecule has 6 heteroatoms. The first-order valence-electron chi connectivity index (χ1n) is 7.91. The number of aliphatic hydroxyl groups excluding tert-OH is 1. The first-order valence-corrected chi connectivity index (χ1v) is 7.91. The molecule has 0 saturated heterocycles. The summed E-state index contributed by atoms with van der Waals surface area (Å²) < 4.78 is 10.3. The second kappa shape index (κ2) is 10.5. The third-order valence-corrected chi connectivity index (χ3v) is 3.53. The van der Waals surface area contributed by atoms with Crippen molar-refractivity contribution in [1.82, 2.24) is 0 Å². The second-order valence-corrected chi connectivity index (χ2v) is 5.32. The van der Waals surface area contributed by atoms with Gasteiger partial charge in [-0.3, -0.25) is 4.79 Å². The van der Waals surface area contributed by atoms with E-state index < -0.39 is 11.8 Å². The van der Waals surface area contributed by atoms with E-state index >= 15 is 0 Å². The number of hydrogen-bond donors (Lipinski definition) is 1. The van der Waals surface area contributed by atoms with Crippen LogP contribution in [0.5, 0.6) is 5.75 Å². The average Bonchev–Trinajstić information content (AvgIpc) is 2.66. The molecule has 0 amide bonds. The molecule has 2 aromatic rings. The molecule has 5 nitrogen and oxygen atoms in total. The molecule has 0 spiro atoms. The van der Waals surface area contributed by atoms with E-state index in [2.05, 4.69) is 4.74 Å². The number of ketones is 1. The number of Topliss-reactive ketones (excluding diaryl/α,β-unsaturated/α-hetero) is 1. The molecule has 2 rings (SSSR count). The van der Waals surface area contributed by atoms with Crippen LogP contribution in [0.4, 0.5) is 0 Å². The Balaban J connectivity index is 0.00000338. The SMILES string of the molecule is CCOC(=O)C(=O)/C(C)=C(\O)c1ccc(OCc2ccccc2)cc1.[LiH]. The van der Waals surface area contributed by atoms with Gasteiger partial charge in [0.1, 0.15) is 18.1 Å². The van der Waals surface area contributed by atoms with Crippen LogP contribution in [0, 0.1) is 0 Å². The van der Waals surface area contributed by atoms with Crippen molar-refractivity contribution < 1.29 is 24.2 Å². The van der Waals surface area contributed by atoms with Crippen LogP contribution >= 0.6 is 0 Å². The van der Waals surface area contributed by atoms with E-state index in [0.717, 1.165) is 5.56 Å². The summed E-state index contributed by atoms with van der Waals surface area (Å²) in [5, 5.41) is 10.2. The molecule has 0 aliphatic carbocycles. The van der Waals surface area contributed by atoms with Crippen LogP contribution in [-0.2, 0) is 20.9 Å². The summed E-state index contributed by atoms with van der Waals surface area (Å²) in [5.74, 6) is -1.46. The van der Waals surface area contributed by atoms with Crippen molar-refractivity contribution in [3.05, 3.63) is 71.3 Å². The summed E-state index contributed by atoms with van der Waals surface area (Å²) in [6.45, 7) is 3.53. The van der Waals surface area contributed by atoms with Crippen molar-refractivity contribution >= 4 is 36.4 Å². The monoisotopic (exact) mass is 348 g/mol. The third-order valence-electron chi connectivity index (χ3n) is 3.53. The fourth-order valence-corrected chi connectivity index (χ4v) is 2.12. The van der Waals surface area contributed by atoms with Gasteiger partial charge in [-0.15, -0.1) is 0 Å². The van der Waals surface area contributed by atoms with E-state index in [4.69, 9.17) is 4.74 Å². The summed E-state index contributed by atoms with van der Waals surface area (Å²) in [6, 6.07) is 16.4. The Morgan fingerprint density at radius 1 is 1.00 bits per heavy atom. The second-order valence-electron chi connectivity index (χ2n) is 5.32. The third kappa shape index (κ3) is 5.80. The van der Waals surface area contributed by atoms with E-state index in [-0.39, 0.29) is 36.8 Å². The van der Waals surface area contributed by atoms with Crippen molar-refractivity contribution in [2.45, 2.75) is 20.5 Å². The van der Waals surface area contributed by atoms with Gasteiger partial charge in [0.25, 0.3) is 5.78 Å². The standard InChI is InChI=1S/C20H20O5.Li.H/c1-3-24-20(23)19(22)14(2)18(21)16-9-11-17(12-10-16)25-13-15-7-5-4-6-8-15;;/h4-12,21H,3,13H2,1-2H3;;/b18-14-;;. The Hall–Kier alpha value is -2.48. The molecule has 132 valence electrons. The number of benzene rings is 2. The quantitative estimate of drug-likeness (QED) is 0.274. The number of carbonyl (C=O) groups excluding carboxylic acids is 2. The van der Waals surface area contributed by atoms with Gasteiger partial charge in [-0.05, 0) is 43.7 Å². The molecule has 0 heterocycles. The van der Waals surface area contributed by atoms with Crippen molar-refractivity contribution in [2.24, 2.45) is 0 Å². The van der Waals surface area contributed by atoms with Gasteiger partial charge >= 0.3 is 24.8 Å². The molecule has 0 radical (unpaired) electrons. The van der Waals surface area contributed by atoms with E-state index in [0.29, 0.717) is 17.9 Å². The van der Waals surface area contributed by atoms with Crippen LogP contribution in [0.3, 0.4) is 0 Å². The molecule has 26 heavy (non-hydrogen) atoms. The zero-order chi connectivity index (χ0) is 18.2. The van der Waals surface area contributed by atoms with Gasteiger partial charge in [0, 0.05) is 11.1 Å². The van der Waals surface area contributed by atoms with Crippen LogP contribution in [0.1, 0.15) is 25.0 Å². The number of rotatable bonds is 7. The molecule has 2 aromatic carbocycles. The zero-order valence-corrected chi connectivity index (χ0v) is 14.2. The first-order chi connectivity index (χ1) is 12.0. The minimum absolute atomic E-state index is 0. The molecule has 0 atom stereocenters. The van der Waals surface area contributed by atoms with Gasteiger partial charge in [-0.25, -0.2) is 4.79 Å². The summed E-state index contributed by atoms with van der Waals surface area (Å²) in [7, 11) is 0. The van der Waals surface area contributed by atoms with Crippen molar-refractivity contribution in [2.75, 3.05) is 6.61 Å². The fourth-order valence-electron chi connectivity index (χ4n) is 2.12. The maximum atomic E-state index is 11.9. The van der Waals surface area contributed by atoms with Crippen LogP contribution in [0.15, 0.2) is 60.2 Å². The maximum absolute atomic E-state index is 11.9. The van der Waals surface area contributed by atoms with E-state index in [1.54, 1.807) is 31.2 Å². The van der Waals surface area contributed by atoms with Crippen molar-refractivity contribution in [3.8, 4) is 5.75 Å². The predicted octanol–water partition coefficient (Wildman–Crippen LogP) is 3.04.